The van der Waals surface area contributed by atoms with Crippen LogP contribution in [-0.4, -0.2) is 18.5 Å². The van der Waals surface area contributed by atoms with Crippen LogP contribution >= 0.6 is 11.3 Å². The molecule has 90 valence electrons. The molecule has 7 heteroatoms. The van der Waals surface area contributed by atoms with Gasteiger partial charge >= 0.3 is 0 Å². The van der Waals surface area contributed by atoms with Gasteiger partial charge in [0, 0.05) is 11.1 Å². The van der Waals surface area contributed by atoms with Crippen LogP contribution in [0.2, 0.25) is 0 Å². The first kappa shape index (κ1) is 11.9. The first-order chi connectivity index (χ1) is 7.99. The Balaban J connectivity index is 2.33. The summed E-state index contributed by atoms with van der Waals surface area (Å²) in [5.74, 6) is -0.275. The summed E-state index contributed by atoms with van der Waals surface area (Å²) in [4.78, 5) is 4.66. The fourth-order valence-corrected chi connectivity index (χ4v) is 3.52. The van der Waals surface area contributed by atoms with Gasteiger partial charge in [-0.2, -0.15) is 0 Å². The van der Waals surface area contributed by atoms with E-state index in [-0.39, 0.29) is 15.8 Å². The minimum atomic E-state index is -3.67. The van der Waals surface area contributed by atoms with E-state index >= 15 is 0 Å². The Hall–Kier alpha value is -1.60. The second-order valence-corrected chi connectivity index (χ2v) is 6.54. The molecule has 2 aromatic heterocycles. The minimum absolute atomic E-state index is 0.0708. The highest BCUT2D eigenvalue weighted by Gasteiger charge is 2.18. The van der Waals surface area contributed by atoms with Crippen molar-refractivity contribution >= 4 is 27.2 Å². The van der Waals surface area contributed by atoms with Crippen LogP contribution in [0.25, 0.3) is 0 Å². The fourth-order valence-electron chi connectivity index (χ4n) is 1.21. The van der Waals surface area contributed by atoms with Crippen LogP contribution in [0.4, 0.5) is 5.82 Å². The Bertz CT molecular complexity index is 635. The molecule has 2 N–H and O–H groups in total. The van der Waals surface area contributed by atoms with Gasteiger partial charge in [0.15, 0.2) is 11.6 Å². The number of aromatic hydroxyl groups is 1. The highest BCUT2D eigenvalue weighted by atomic mass is 32.2. The second-order valence-electron chi connectivity index (χ2n) is 3.34. The largest absolute Gasteiger partial charge is 0.504 e. The minimum Gasteiger partial charge on any atom is -0.504 e. The van der Waals surface area contributed by atoms with Gasteiger partial charge in [0.25, 0.3) is 10.0 Å². The van der Waals surface area contributed by atoms with Gasteiger partial charge in [-0.3, -0.25) is 4.72 Å². The normalized spacial score (nSPS) is 11.4. The average molecular weight is 270 g/mol. The van der Waals surface area contributed by atoms with Gasteiger partial charge in [0.05, 0.1) is 0 Å². The zero-order chi connectivity index (χ0) is 12.5. The van der Waals surface area contributed by atoms with Crippen LogP contribution in [0.5, 0.6) is 5.75 Å². The van der Waals surface area contributed by atoms with E-state index in [1.165, 1.54) is 24.4 Å². The predicted octanol–water partition coefficient (Wildman–Crippen LogP) is 1.96. The lowest BCUT2D eigenvalue weighted by Crippen LogP contribution is -2.12. The molecular weight excluding hydrogens is 260 g/mol. The number of pyridine rings is 1. The number of hydrogen-bond acceptors (Lipinski definition) is 5. The van der Waals surface area contributed by atoms with Crippen LogP contribution in [-0.2, 0) is 10.0 Å². The number of thiophene rings is 1. The number of sulfonamides is 1. The lowest BCUT2D eigenvalue weighted by Gasteiger charge is -2.06. The van der Waals surface area contributed by atoms with E-state index in [2.05, 4.69) is 9.71 Å². The zero-order valence-corrected chi connectivity index (χ0v) is 10.5. The summed E-state index contributed by atoms with van der Waals surface area (Å²) in [7, 11) is -3.67. The topological polar surface area (TPSA) is 79.3 Å². The number of nitrogens with one attached hydrogen (secondary N) is 1. The van der Waals surface area contributed by atoms with Gasteiger partial charge in [-0.05, 0) is 31.2 Å². The van der Waals surface area contributed by atoms with Gasteiger partial charge in [0.1, 0.15) is 4.21 Å². The van der Waals surface area contributed by atoms with Gasteiger partial charge in [0.2, 0.25) is 0 Å². The summed E-state index contributed by atoms with van der Waals surface area (Å²) in [5, 5.41) is 9.44. The molecule has 0 atom stereocenters. The van der Waals surface area contributed by atoms with Gasteiger partial charge < -0.3 is 5.11 Å². The first-order valence-electron chi connectivity index (χ1n) is 4.72. The summed E-state index contributed by atoms with van der Waals surface area (Å²) in [5.41, 5.74) is 0. The third-order valence-corrected chi connectivity index (χ3v) is 4.83. The van der Waals surface area contributed by atoms with Crippen LogP contribution < -0.4 is 4.72 Å². The Labute approximate surface area is 103 Å². The predicted molar refractivity (Wildman–Crippen MR) is 65.8 cm³/mol. The van der Waals surface area contributed by atoms with Crippen molar-refractivity contribution in [2.75, 3.05) is 4.72 Å². The Morgan fingerprint density at radius 1 is 1.35 bits per heavy atom. The van der Waals surface area contributed by atoms with Crippen molar-refractivity contribution < 1.29 is 13.5 Å². The zero-order valence-electron chi connectivity index (χ0n) is 8.91. The van der Waals surface area contributed by atoms with E-state index in [0.717, 1.165) is 16.2 Å². The number of hydrogen-bond donors (Lipinski definition) is 2. The molecule has 2 heterocycles. The SMILES string of the molecule is Cc1ccc(S(=O)(=O)Nc2ncccc2O)s1. The Morgan fingerprint density at radius 3 is 2.71 bits per heavy atom. The molecule has 0 saturated carbocycles. The lowest BCUT2D eigenvalue weighted by atomic mass is 10.4. The molecule has 2 aromatic rings. The van der Waals surface area contributed by atoms with E-state index < -0.39 is 10.0 Å². The lowest BCUT2D eigenvalue weighted by molar-refractivity contribution is 0.475. The summed E-state index contributed by atoms with van der Waals surface area (Å²) >= 11 is 1.16. The molecule has 0 aliphatic heterocycles. The third-order valence-electron chi connectivity index (χ3n) is 2.00. The van der Waals surface area contributed by atoms with Crippen LogP contribution in [0.3, 0.4) is 0 Å². The molecule has 5 nitrogen and oxygen atoms in total. The van der Waals surface area contributed by atoms with Gasteiger partial charge in [-0.25, -0.2) is 13.4 Å². The Morgan fingerprint density at radius 2 is 2.12 bits per heavy atom. The summed E-state index contributed by atoms with van der Waals surface area (Å²) < 4.78 is 26.3. The highest BCUT2D eigenvalue weighted by molar-refractivity contribution is 7.94. The van der Waals surface area contributed by atoms with Crippen LogP contribution in [0, 0.1) is 6.92 Å². The van der Waals surface area contributed by atoms with Crippen molar-refractivity contribution in [3.63, 3.8) is 0 Å². The molecule has 0 fully saturated rings. The molecular formula is C10H10N2O3S2. The first-order valence-corrected chi connectivity index (χ1v) is 7.02. The maximum Gasteiger partial charge on any atom is 0.272 e. The summed E-state index contributed by atoms with van der Waals surface area (Å²) in [6, 6.07) is 6.12. The second kappa shape index (κ2) is 4.34. The van der Waals surface area contributed by atoms with Crippen LogP contribution in [0.1, 0.15) is 4.88 Å². The highest BCUT2D eigenvalue weighted by Crippen LogP contribution is 2.26. The molecule has 0 radical (unpaired) electrons. The quantitative estimate of drug-likeness (QED) is 0.893. The standard InChI is InChI=1S/C10H10N2O3S2/c1-7-4-5-9(16-7)17(14,15)12-10-8(13)3-2-6-11-10/h2-6,13H,1H3,(H,11,12). The number of aromatic nitrogens is 1. The van der Waals surface area contributed by atoms with Gasteiger partial charge in [-0.1, -0.05) is 0 Å². The smallest absolute Gasteiger partial charge is 0.272 e. The molecule has 0 aliphatic carbocycles. The molecule has 0 saturated heterocycles. The molecule has 0 spiro atoms. The van der Waals surface area contributed by atoms with Crippen molar-refractivity contribution in [2.45, 2.75) is 11.1 Å². The molecule has 0 bridgehead atoms. The third kappa shape index (κ3) is 2.56. The number of aryl methyl sites for hydroxylation is 1. The number of rotatable bonds is 3. The van der Waals surface area contributed by atoms with Crippen molar-refractivity contribution in [3.8, 4) is 5.75 Å². The molecule has 17 heavy (non-hydrogen) atoms. The molecule has 0 aliphatic rings. The van der Waals surface area contributed by atoms with E-state index in [1.54, 1.807) is 6.07 Å². The monoisotopic (exact) mass is 270 g/mol. The van der Waals surface area contributed by atoms with Crippen LogP contribution in [0.15, 0.2) is 34.7 Å². The van der Waals surface area contributed by atoms with E-state index in [1.807, 2.05) is 6.92 Å². The van der Waals surface area contributed by atoms with Gasteiger partial charge in [-0.15, -0.1) is 11.3 Å². The summed E-state index contributed by atoms with van der Waals surface area (Å²) in [6.45, 7) is 1.82. The molecule has 0 unspecified atom stereocenters. The molecule has 0 aromatic carbocycles. The number of anilines is 1. The van der Waals surface area contributed by atoms with E-state index in [0.29, 0.717) is 0 Å². The van der Waals surface area contributed by atoms with Crippen molar-refractivity contribution in [1.82, 2.24) is 4.98 Å². The van der Waals surface area contributed by atoms with Crippen molar-refractivity contribution in [1.29, 1.82) is 0 Å². The molecule has 2 rings (SSSR count). The summed E-state index contributed by atoms with van der Waals surface area (Å²) in [6.07, 6.45) is 1.40. The average Bonchev–Trinajstić information content (AvgIpc) is 2.69. The van der Waals surface area contributed by atoms with Crippen molar-refractivity contribution in [3.05, 3.63) is 35.3 Å². The fraction of sp³-hybridized carbons (Fsp3) is 0.100. The van der Waals surface area contributed by atoms with E-state index in [9.17, 15) is 13.5 Å². The molecule has 0 amide bonds. The van der Waals surface area contributed by atoms with Crippen molar-refractivity contribution in [2.24, 2.45) is 0 Å². The Kier molecular flexibility index (Phi) is 3.03. The maximum atomic E-state index is 11.9. The van der Waals surface area contributed by atoms with E-state index in [4.69, 9.17) is 0 Å². The maximum absolute atomic E-state index is 11.9. The number of nitrogens with zero attached hydrogens (tertiary/aromatic N) is 1.